The summed E-state index contributed by atoms with van der Waals surface area (Å²) < 4.78 is 5.63. The molecule has 3 N–H and O–H groups in total. The van der Waals surface area contributed by atoms with Crippen molar-refractivity contribution in [3.63, 3.8) is 0 Å². The number of nitrogens with one attached hydrogen (secondary N) is 3. The zero-order valence-electron chi connectivity index (χ0n) is 14.8. The average Bonchev–Trinajstić information content (AvgIpc) is 2.58. The van der Waals surface area contributed by atoms with Gasteiger partial charge >= 0.3 is 0 Å². The molecule has 1 atom stereocenters. The van der Waals surface area contributed by atoms with Crippen LogP contribution in [0.2, 0.25) is 5.02 Å². The van der Waals surface area contributed by atoms with E-state index < -0.39 is 0 Å². The molecule has 0 radical (unpaired) electrons. The monoisotopic (exact) mass is 376 g/mol. The number of halogens is 1. The van der Waals surface area contributed by atoms with Gasteiger partial charge in [-0.25, -0.2) is 0 Å². The Morgan fingerprint density at radius 2 is 1.58 bits per heavy atom. The van der Waals surface area contributed by atoms with Crippen LogP contribution >= 0.6 is 11.6 Å². The largest absolute Gasteiger partial charge is 0.488 e. The summed E-state index contributed by atoms with van der Waals surface area (Å²) >= 11 is 5.83. The number of hydrogen-bond donors (Lipinski definition) is 3. The third-order valence-corrected chi connectivity index (χ3v) is 3.81. The third kappa shape index (κ3) is 7.13. The number of anilines is 2. The Balaban J connectivity index is 1.71. The number of carbonyl (C=O) groups is 2. The molecule has 0 heterocycles. The van der Waals surface area contributed by atoms with Crippen molar-refractivity contribution in [2.45, 2.75) is 6.92 Å². The van der Waals surface area contributed by atoms with Gasteiger partial charge in [0.15, 0.2) is 6.54 Å². The molecule has 26 heavy (non-hydrogen) atoms. The number of hydrogen-bond acceptors (Lipinski definition) is 3. The van der Waals surface area contributed by atoms with Gasteiger partial charge in [-0.05, 0) is 48.5 Å². The maximum Gasteiger partial charge on any atom is 0.279 e. The Morgan fingerprint density at radius 1 is 1.00 bits per heavy atom. The molecular formula is C19H23ClN3O3+. The molecule has 6 nitrogen and oxygen atoms in total. The highest BCUT2D eigenvalue weighted by atomic mass is 35.5. The highest BCUT2D eigenvalue weighted by Crippen LogP contribution is 2.15. The predicted octanol–water partition coefficient (Wildman–Crippen LogP) is 1.83. The average molecular weight is 377 g/mol. The zero-order chi connectivity index (χ0) is 18.9. The minimum atomic E-state index is -0.132. The van der Waals surface area contributed by atoms with Gasteiger partial charge in [-0.2, -0.15) is 0 Å². The van der Waals surface area contributed by atoms with E-state index >= 15 is 0 Å². The summed E-state index contributed by atoms with van der Waals surface area (Å²) in [5.74, 6) is 0.542. The predicted molar refractivity (Wildman–Crippen MR) is 103 cm³/mol. The number of carbonyl (C=O) groups excluding carboxylic acids is 2. The van der Waals surface area contributed by atoms with Gasteiger partial charge in [0.2, 0.25) is 5.91 Å². The van der Waals surface area contributed by atoms with Gasteiger partial charge in [-0.3, -0.25) is 9.59 Å². The number of rotatable bonds is 8. The number of quaternary nitrogens is 1. The lowest BCUT2D eigenvalue weighted by Gasteiger charge is -2.14. The van der Waals surface area contributed by atoms with E-state index in [2.05, 4.69) is 10.6 Å². The first-order valence-corrected chi connectivity index (χ1v) is 8.67. The number of likely N-dealkylation sites (N-methyl/N-ethyl adjacent to an activating group) is 1. The SMILES string of the molecule is CC(=O)Nc1ccc(NC(=O)C[NH+](C)CCOc2ccc(Cl)cc2)cc1. The lowest BCUT2D eigenvalue weighted by Crippen LogP contribution is -3.10. The van der Waals surface area contributed by atoms with E-state index in [1.54, 1.807) is 36.4 Å². The lowest BCUT2D eigenvalue weighted by molar-refractivity contribution is -0.871. The standard InChI is InChI=1S/C19H22ClN3O3/c1-14(24)21-16-5-7-17(8-6-16)22-19(25)13-23(2)11-12-26-18-9-3-15(20)4-10-18/h3-10H,11-13H2,1-2H3,(H,21,24)(H,22,25)/p+1. The first-order chi connectivity index (χ1) is 12.4. The quantitative estimate of drug-likeness (QED) is 0.658. The Morgan fingerprint density at radius 3 is 2.15 bits per heavy atom. The normalized spacial score (nSPS) is 11.5. The topological polar surface area (TPSA) is 71.9 Å². The summed E-state index contributed by atoms with van der Waals surface area (Å²) in [7, 11) is 1.94. The first-order valence-electron chi connectivity index (χ1n) is 8.29. The molecular weight excluding hydrogens is 354 g/mol. The highest BCUT2D eigenvalue weighted by Gasteiger charge is 2.10. The Bertz CT molecular complexity index is 733. The molecule has 0 aromatic heterocycles. The van der Waals surface area contributed by atoms with Crippen molar-refractivity contribution in [1.29, 1.82) is 0 Å². The summed E-state index contributed by atoms with van der Waals surface area (Å²) in [5, 5.41) is 6.19. The maximum absolute atomic E-state index is 12.1. The van der Waals surface area contributed by atoms with Crippen LogP contribution in [0.4, 0.5) is 11.4 Å². The Kier molecular flexibility index (Phi) is 7.44. The van der Waals surface area contributed by atoms with Crippen LogP contribution in [0.15, 0.2) is 48.5 Å². The molecule has 0 saturated carbocycles. The fourth-order valence-electron chi connectivity index (χ4n) is 2.28. The van der Waals surface area contributed by atoms with Crippen LogP contribution in [0.25, 0.3) is 0 Å². The van der Waals surface area contributed by atoms with Crippen molar-refractivity contribution in [1.82, 2.24) is 0 Å². The molecule has 0 saturated heterocycles. The second kappa shape index (κ2) is 9.79. The van der Waals surface area contributed by atoms with E-state index in [-0.39, 0.29) is 11.8 Å². The van der Waals surface area contributed by atoms with Crippen LogP contribution in [0, 0.1) is 0 Å². The Hall–Kier alpha value is -2.57. The second-order valence-corrected chi connectivity index (χ2v) is 6.43. The maximum atomic E-state index is 12.1. The molecule has 1 unspecified atom stereocenters. The van der Waals surface area contributed by atoms with Gasteiger partial charge in [0.05, 0.1) is 7.05 Å². The number of ether oxygens (including phenoxy) is 1. The van der Waals surface area contributed by atoms with E-state index in [4.69, 9.17) is 16.3 Å². The van der Waals surface area contributed by atoms with E-state index in [9.17, 15) is 9.59 Å². The van der Waals surface area contributed by atoms with Gasteiger partial charge in [0, 0.05) is 23.3 Å². The summed E-state index contributed by atoms with van der Waals surface area (Å²) in [6, 6.07) is 14.2. The van der Waals surface area contributed by atoms with E-state index in [0.717, 1.165) is 10.6 Å². The van der Waals surface area contributed by atoms with Crippen molar-refractivity contribution >= 4 is 34.8 Å². The van der Waals surface area contributed by atoms with Crippen molar-refractivity contribution in [3.8, 4) is 5.75 Å². The summed E-state index contributed by atoms with van der Waals surface area (Å²) in [6.45, 7) is 2.98. The van der Waals surface area contributed by atoms with E-state index in [0.29, 0.717) is 36.1 Å². The van der Waals surface area contributed by atoms with Crippen molar-refractivity contribution in [3.05, 3.63) is 53.6 Å². The van der Waals surface area contributed by atoms with Crippen LogP contribution in [0.5, 0.6) is 5.75 Å². The smallest absolute Gasteiger partial charge is 0.279 e. The van der Waals surface area contributed by atoms with E-state index in [1.807, 2.05) is 19.2 Å². The zero-order valence-corrected chi connectivity index (χ0v) is 15.6. The molecule has 0 aliphatic rings. The highest BCUT2D eigenvalue weighted by molar-refractivity contribution is 6.30. The van der Waals surface area contributed by atoms with Gasteiger partial charge in [0.25, 0.3) is 5.91 Å². The van der Waals surface area contributed by atoms with E-state index in [1.165, 1.54) is 6.92 Å². The molecule has 0 fully saturated rings. The van der Waals surface area contributed by atoms with Gasteiger partial charge in [0.1, 0.15) is 18.9 Å². The van der Waals surface area contributed by atoms with Crippen molar-refractivity contribution < 1.29 is 19.2 Å². The molecule has 138 valence electrons. The fraction of sp³-hybridized carbons (Fsp3) is 0.263. The van der Waals surface area contributed by atoms with Gasteiger partial charge < -0.3 is 20.3 Å². The van der Waals surface area contributed by atoms with Crippen molar-refractivity contribution in [2.75, 3.05) is 37.4 Å². The van der Waals surface area contributed by atoms with Crippen LogP contribution in [0.3, 0.4) is 0 Å². The molecule has 7 heteroatoms. The van der Waals surface area contributed by atoms with Crippen LogP contribution < -0.4 is 20.3 Å². The molecule has 2 aromatic carbocycles. The number of benzene rings is 2. The Labute approximate surface area is 158 Å². The van der Waals surface area contributed by atoms with Crippen LogP contribution in [-0.4, -0.2) is 38.6 Å². The van der Waals surface area contributed by atoms with Crippen LogP contribution in [-0.2, 0) is 9.59 Å². The lowest BCUT2D eigenvalue weighted by atomic mass is 10.2. The molecule has 0 aliphatic heterocycles. The molecule has 2 rings (SSSR count). The fourth-order valence-corrected chi connectivity index (χ4v) is 2.41. The summed E-state index contributed by atoms with van der Waals surface area (Å²) in [5.41, 5.74) is 1.38. The van der Waals surface area contributed by atoms with Gasteiger partial charge in [-0.1, -0.05) is 11.6 Å². The van der Waals surface area contributed by atoms with Crippen molar-refractivity contribution in [2.24, 2.45) is 0 Å². The molecule has 0 bridgehead atoms. The van der Waals surface area contributed by atoms with Gasteiger partial charge in [-0.15, -0.1) is 0 Å². The third-order valence-electron chi connectivity index (χ3n) is 3.56. The molecule has 2 amide bonds. The van der Waals surface area contributed by atoms with Crippen LogP contribution in [0.1, 0.15) is 6.92 Å². The minimum Gasteiger partial charge on any atom is -0.488 e. The molecule has 2 aromatic rings. The molecule has 0 aliphatic carbocycles. The second-order valence-electron chi connectivity index (χ2n) is 5.99. The number of amides is 2. The molecule has 0 spiro atoms. The summed E-state index contributed by atoms with van der Waals surface area (Å²) in [6.07, 6.45) is 0. The minimum absolute atomic E-state index is 0.0822. The summed E-state index contributed by atoms with van der Waals surface area (Å²) in [4.78, 5) is 24.1. The first kappa shape index (κ1) is 19.8.